The highest BCUT2D eigenvalue weighted by Crippen LogP contribution is 2.19. The number of nitrogens with one attached hydrogen (secondary N) is 1. The van der Waals surface area contributed by atoms with E-state index in [1.165, 1.54) is 30.5 Å². The molecular weight excluding hydrogens is 174 g/mol. The van der Waals surface area contributed by atoms with Crippen LogP contribution in [0.4, 0.5) is 0 Å². The molecule has 0 amide bonds. The van der Waals surface area contributed by atoms with Gasteiger partial charge in [-0.05, 0) is 11.5 Å². The molecule has 1 N–H and O–H groups in total. The molecule has 0 aromatic rings. The number of hydrogen-bond donors (Lipinski definition) is 1. The van der Waals surface area contributed by atoms with Gasteiger partial charge in [0.2, 0.25) is 0 Å². The molecule has 3 nitrogen and oxygen atoms in total. The molecule has 0 atom stereocenters. The monoisotopic (exact) mass is 193 g/mol. The third kappa shape index (κ3) is 2.04. The smallest absolute Gasteiger partial charge is 0.196 e. The largest absolute Gasteiger partial charge is 0.312 e. The maximum absolute atomic E-state index is 4.45. The fourth-order valence-electron chi connectivity index (χ4n) is 2.02. The Balaban J connectivity index is 1.88. The highest BCUT2D eigenvalue weighted by Gasteiger charge is 2.31. The topological polar surface area (TPSA) is 30.3 Å². The van der Waals surface area contributed by atoms with Gasteiger partial charge < -0.3 is 5.32 Å². The van der Waals surface area contributed by atoms with Gasteiger partial charge in [0.15, 0.2) is 12.2 Å². The van der Waals surface area contributed by atoms with Crippen molar-refractivity contribution in [2.45, 2.75) is 32.6 Å². The van der Waals surface area contributed by atoms with Crippen LogP contribution < -0.4 is 10.3 Å². The van der Waals surface area contributed by atoms with Crippen molar-refractivity contribution in [1.29, 1.82) is 0 Å². The zero-order valence-corrected chi connectivity index (χ0v) is 8.92. The summed E-state index contributed by atoms with van der Waals surface area (Å²) >= 11 is 0. The van der Waals surface area contributed by atoms with Crippen molar-refractivity contribution < 1.29 is 0 Å². The lowest BCUT2D eigenvalue weighted by Gasteiger charge is -2.12. The van der Waals surface area contributed by atoms with Gasteiger partial charge in [-0.1, -0.05) is 13.3 Å². The summed E-state index contributed by atoms with van der Waals surface area (Å²) in [6.07, 6.45) is 7.02. The molecule has 0 bridgehead atoms. The van der Waals surface area contributed by atoms with Gasteiger partial charge in [-0.3, -0.25) is 0 Å². The third-order valence-corrected chi connectivity index (χ3v) is 2.86. The Morgan fingerprint density at radius 2 is 2.43 bits per heavy atom. The second kappa shape index (κ2) is 4.71. The highest BCUT2D eigenvalue weighted by atomic mass is 15.5. The molecule has 2 heterocycles. The van der Waals surface area contributed by atoms with Crippen molar-refractivity contribution in [2.75, 3.05) is 19.6 Å². The summed E-state index contributed by atoms with van der Waals surface area (Å²) in [7, 11) is 0. The number of unbranched alkanes of at least 4 members (excludes halogenated alkanes) is 2. The summed E-state index contributed by atoms with van der Waals surface area (Å²) in [6, 6.07) is 0. The molecule has 2 aliphatic heterocycles. The lowest BCUT2D eigenvalue weighted by atomic mass is 10.1. The zero-order chi connectivity index (χ0) is 9.80. The minimum Gasteiger partial charge on any atom is -0.312 e. The van der Waals surface area contributed by atoms with E-state index in [1.54, 1.807) is 0 Å². The molecule has 0 aromatic carbocycles. The molecule has 2 rings (SSSR count). The van der Waals surface area contributed by atoms with Crippen LogP contribution in [0, 0.1) is 0 Å². The van der Waals surface area contributed by atoms with Gasteiger partial charge in [-0.2, -0.15) is 0 Å². The van der Waals surface area contributed by atoms with E-state index in [0.29, 0.717) is 0 Å². The standard InChI is InChI=1S/C11H19N3/c1-2-3-4-7-14-11-5-6-12-8-10(11)9-13-14/h9,12H,2-8H2,1H3/q+1. The fraction of sp³-hybridized carbons (Fsp3) is 0.727. The summed E-state index contributed by atoms with van der Waals surface area (Å²) in [6.45, 7) is 5.45. The molecule has 0 unspecified atom stereocenters. The van der Waals surface area contributed by atoms with Crippen LogP contribution in [0.25, 0.3) is 0 Å². The molecule has 0 saturated heterocycles. The maximum Gasteiger partial charge on any atom is 0.196 e. The first-order valence-corrected chi connectivity index (χ1v) is 5.66. The molecular formula is C11H19N3+. The highest BCUT2D eigenvalue weighted by molar-refractivity contribution is 5.82. The van der Waals surface area contributed by atoms with E-state index in [1.807, 2.05) is 6.21 Å². The van der Waals surface area contributed by atoms with E-state index in [2.05, 4.69) is 22.4 Å². The number of rotatable bonds is 4. The molecule has 3 heteroatoms. The molecule has 0 saturated carbocycles. The lowest BCUT2D eigenvalue weighted by Crippen LogP contribution is -2.31. The van der Waals surface area contributed by atoms with Crippen molar-refractivity contribution in [1.82, 2.24) is 10.3 Å². The van der Waals surface area contributed by atoms with Crippen LogP contribution in [0.1, 0.15) is 32.6 Å². The Labute approximate surface area is 85.9 Å². The molecule has 0 aliphatic carbocycles. The van der Waals surface area contributed by atoms with E-state index in [4.69, 9.17) is 0 Å². The zero-order valence-electron chi connectivity index (χ0n) is 8.92. The predicted molar refractivity (Wildman–Crippen MR) is 59.5 cm³/mol. The average Bonchev–Trinajstić information content (AvgIpc) is 2.63. The van der Waals surface area contributed by atoms with E-state index in [0.717, 1.165) is 26.1 Å². The Bertz CT molecular complexity index is 255. The summed E-state index contributed by atoms with van der Waals surface area (Å²) < 4.78 is 0. The van der Waals surface area contributed by atoms with Gasteiger partial charge >= 0.3 is 0 Å². The first-order valence-electron chi connectivity index (χ1n) is 5.66. The third-order valence-electron chi connectivity index (χ3n) is 2.86. The van der Waals surface area contributed by atoms with Crippen LogP contribution in [0.2, 0.25) is 0 Å². The normalized spacial score (nSPS) is 21.8. The van der Waals surface area contributed by atoms with E-state index >= 15 is 0 Å². The molecule has 0 aromatic heterocycles. The Morgan fingerprint density at radius 3 is 3.29 bits per heavy atom. The molecule has 0 spiro atoms. The molecule has 0 fully saturated rings. The minimum atomic E-state index is 1.00. The Morgan fingerprint density at radius 1 is 1.50 bits per heavy atom. The minimum absolute atomic E-state index is 1.00. The van der Waals surface area contributed by atoms with Crippen molar-refractivity contribution in [3.8, 4) is 0 Å². The number of hydrogen-bond acceptors (Lipinski definition) is 3. The SMILES string of the molecule is CCCCC[N+]1N=CC2=C1CCNC2. The van der Waals surface area contributed by atoms with Crippen molar-refractivity contribution in [2.24, 2.45) is 5.10 Å². The van der Waals surface area contributed by atoms with Gasteiger partial charge in [0, 0.05) is 30.9 Å². The van der Waals surface area contributed by atoms with Crippen molar-refractivity contribution in [3.05, 3.63) is 11.3 Å². The summed E-state index contributed by atoms with van der Waals surface area (Å²) in [5, 5.41) is 10.0. The van der Waals surface area contributed by atoms with Gasteiger partial charge in [0.25, 0.3) is 0 Å². The van der Waals surface area contributed by atoms with Gasteiger partial charge in [0.05, 0.1) is 11.8 Å². The van der Waals surface area contributed by atoms with Crippen LogP contribution in [-0.2, 0) is 0 Å². The van der Waals surface area contributed by atoms with Gasteiger partial charge in [-0.25, -0.2) is 0 Å². The van der Waals surface area contributed by atoms with Crippen LogP contribution in [0.5, 0.6) is 0 Å². The van der Waals surface area contributed by atoms with E-state index in [9.17, 15) is 0 Å². The van der Waals surface area contributed by atoms with E-state index < -0.39 is 0 Å². The van der Waals surface area contributed by atoms with Crippen LogP contribution in [-0.4, -0.2) is 25.8 Å². The summed E-state index contributed by atoms with van der Waals surface area (Å²) in [4.78, 5) is 0. The van der Waals surface area contributed by atoms with Crippen LogP contribution in [0.15, 0.2) is 16.4 Å². The second-order valence-electron chi connectivity index (χ2n) is 3.97. The Kier molecular flexibility index (Phi) is 3.32. The van der Waals surface area contributed by atoms with Gasteiger partial charge in [-0.15, -0.1) is 0 Å². The average molecular weight is 193 g/mol. The molecule has 1 radical (unpaired) electrons. The summed E-state index contributed by atoms with van der Waals surface area (Å²) in [5.74, 6) is 0. The van der Waals surface area contributed by atoms with Gasteiger partial charge in [0.1, 0.15) is 0 Å². The maximum atomic E-state index is 4.45. The molecule has 2 aliphatic rings. The number of nitrogens with zero attached hydrogens (tertiary/aromatic N) is 2. The lowest BCUT2D eigenvalue weighted by molar-refractivity contribution is 0.465. The fourth-order valence-corrected chi connectivity index (χ4v) is 2.02. The second-order valence-corrected chi connectivity index (χ2v) is 3.97. The van der Waals surface area contributed by atoms with E-state index in [-0.39, 0.29) is 0 Å². The van der Waals surface area contributed by atoms with Crippen molar-refractivity contribution in [3.63, 3.8) is 0 Å². The predicted octanol–water partition coefficient (Wildman–Crippen LogP) is 1.56. The summed E-state index contributed by atoms with van der Waals surface area (Å²) in [5.41, 5.74) is 2.85. The van der Waals surface area contributed by atoms with Crippen molar-refractivity contribution >= 4 is 6.21 Å². The van der Waals surface area contributed by atoms with Crippen LogP contribution >= 0.6 is 0 Å². The van der Waals surface area contributed by atoms with Crippen LogP contribution in [0.3, 0.4) is 0 Å². The first kappa shape index (κ1) is 9.87. The molecule has 14 heavy (non-hydrogen) atoms. The Hall–Kier alpha value is -0.670. The quantitative estimate of drug-likeness (QED) is 0.533. The number of hydrazone groups is 1. The molecule has 77 valence electrons. The first-order chi connectivity index (χ1) is 6.92.